The normalized spacial score (nSPS) is 12.5. The van der Waals surface area contributed by atoms with Gasteiger partial charge in [0.25, 0.3) is 5.56 Å². The van der Waals surface area contributed by atoms with Crippen molar-refractivity contribution in [3.63, 3.8) is 0 Å². The van der Waals surface area contributed by atoms with Crippen LogP contribution in [0.2, 0.25) is 5.02 Å². The van der Waals surface area contributed by atoms with E-state index in [1.165, 1.54) is 0 Å². The number of tetrazole rings is 1. The number of pyridine rings is 1. The van der Waals surface area contributed by atoms with Crippen LogP contribution in [0.1, 0.15) is 55.6 Å². The molecular formula is C28H29ClN6O3. The first-order valence-electron chi connectivity index (χ1n) is 12.5. The van der Waals surface area contributed by atoms with Crippen LogP contribution in [0.15, 0.2) is 76.1 Å². The predicted octanol–water partition coefficient (Wildman–Crippen LogP) is 5.53. The van der Waals surface area contributed by atoms with E-state index in [0.29, 0.717) is 36.1 Å². The maximum atomic E-state index is 13.6. The fourth-order valence-electron chi connectivity index (χ4n) is 4.57. The van der Waals surface area contributed by atoms with E-state index in [1.807, 2.05) is 81.4 Å². The highest BCUT2D eigenvalue weighted by molar-refractivity contribution is 6.30. The lowest BCUT2D eigenvalue weighted by molar-refractivity contribution is 0.177. The lowest BCUT2D eigenvalue weighted by Crippen LogP contribution is -2.35. The summed E-state index contributed by atoms with van der Waals surface area (Å²) in [4.78, 5) is 18.8. The molecule has 196 valence electrons. The van der Waals surface area contributed by atoms with Crippen molar-refractivity contribution < 1.29 is 9.15 Å². The number of halogens is 1. The first kappa shape index (κ1) is 25.7. The molecule has 5 rings (SSSR count). The lowest BCUT2D eigenvalue weighted by Gasteiger charge is -2.31. The molecule has 0 bridgehead atoms. The molecule has 0 radical (unpaired) electrons. The Morgan fingerprint density at radius 3 is 2.63 bits per heavy atom. The van der Waals surface area contributed by atoms with Crippen LogP contribution in [0.4, 0.5) is 0 Å². The second kappa shape index (κ2) is 11.2. The van der Waals surface area contributed by atoms with Crippen LogP contribution in [-0.4, -0.2) is 36.7 Å². The molecule has 0 amide bonds. The summed E-state index contributed by atoms with van der Waals surface area (Å²) < 4.78 is 13.2. The van der Waals surface area contributed by atoms with E-state index in [2.05, 4.69) is 25.4 Å². The van der Waals surface area contributed by atoms with Gasteiger partial charge in [0.15, 0.2) is 5.82 Å². The third-order valence-electron chi connectivity index (χ3n) is 6.31. The number of aromatic amines is 1. The molecule has 3 aromatic heterocycles. The van der Waals surface area contributed by atoms with E-state index in [4.69, 9.17) is 20.8 Å². The van der Waals surface area contributed by atoms with Gasteiger partial charge in [-0.15, -0.1) is 5.10 Å². The van der Waals surface area contributed by atoms with E-state index >= 15 is 0 Å². The van der Waals surface area contributed by atoms with Crippen molar-refractivity contribution in [3.05, 3.63) is 105 Å². The first-order valence-corrected chi connectivity index (χ1v) is 12.9. The number of nitrogens with zero attached hydrogens (tertiary/aromatic N) is 5. The van der Waals surface area contributed by atoms with Gasteiger partial charge in [-0.2, -0.15) is 0 Å². The molecule has 9 nitrogen and oxygen atoms in total. The Kier molecular flexibility index (Phi) is 7.57. The molecule has 0 aliphatic carbocycles. The highest BCUT2D eigenvalue weighted by Gasteiger charge is 2.32. The summed E-state index contributed by atoms with van der Waals surface area (Å²) in [6.45, 7) is 7.41. The number of hydrogen-bond donors (Lipinski definition) is 1. The topological polar surface area (TPSA) is 102 Å². The Labute approximate surface area is 225 Å². The van der Waals surface area contributed by atoms with Crippen LogP contribution in [-0.2, 0) is 13.1 Å². The largest absolute Gasteiger partial charge is 0.494 e. The summed E-state index contributed by atoms with van der Waals surface area (Å²) >= 11 is 6.16. The third kappa shape index (κ3) is 5.49. The molecule has 0 spiro atoms. The van der Waals surface area contributed by atoms with Crippen molar-refractivity contribution in [2.75, 3.05) is 6.61 Å². The van der Waals surface area contributed by atoms with Gasteiger partial charge >= 0.3 is 0 Å². The lowest BCUT2D eigenvalue weighted by atomic mass is 10.0. The molecule has 0 saturated carbocycles. The molecule has 10 heteroatoms. The second-order valence-corrected chi connectivity index (χ2v) is 9.76. The van der Waals surface area contributed by atoms with Gasteiger partial charge in [-0.05, 0) is 85.3 Å². The van der Waals surface area contributed by atoms with Crippen LogP contribution in [0.25, 0.3) is 10.9 Å². The van der Waals surface area contributed by atoms with E-state index in [9.17, 15) is 4.79 Å². The molecule has 0 aliphatic heterocycles. The van der Waals surface area contributed by atoms with Crippen molar-refractivity contribution >= 4 is 22.5 Å². The number of ether oxygens (including phenoxy) is 1. The zero-order valence-electron chi connectivity index (χ0n) is 21.5. The van der Waals surface area contributed by atoms with Crippen LogP contribution < -0.4 is 10.3 Å². The number of furan rings is 1. The molecule has 0 unspecified atom stereocenters. The monoisotopic (exact) mass is 532 g/mol. The minimum absolute atomic E-state index is 0.0208. The maximum Gasteiger partial charge on any atom is 0.253 e. The molecular weight excluding hydrogens is 504 g/mol. The molecule has 3 heterocycles. The van der Waals surface area contributed by atoms with E-state index in [0.717, 1.165) is 28.0 Å². The molecule has 1 N–H and O–H groups in total. The van der Waals surface area contributed by atoms with Crippen LogP contribution in [0, 0.1) is 0 Å². The van der Waals surface area contributed by atoms with Crippen molar-refractivity contribution in [2.24, 2.45) is 0 Å². The molecule has 0 fully saturated rings. The SMILES string of the molecule is CCOc1ccc2[nH]c(=O)c([C@@H](c3nnnn3C(C)C)N(Cc3ccc(Cl)cc3)Cc3ccco3)cc2c1. The summed E-state index contributed by atoms with van der Waals surface area (Å²) in [6.07, 6.45) is 1.64. The van der Waals surface area contributed by atoms with E-state index < -0.39 is 6.04 Å². The Morgan fingerprint density at radius 2 is 1.92 bits per heavy atom. The molecule has 5 aromatic rings. The predicted molar refractivity (Wildman–Crippen MR) is 145 cm³/mol. The van der Waals surface area contributed by atoms with Gasteiger partial charge < -0.3 is 14.1 Å². The molecule has 2 aromatic carbocycles. The van der Waals surface area contributed by atoms with Crippen LogP contribution >= 0.6 is 11.6 Å². The second-order valence-electron chi connectivity index (χ2n) is 9.32. The van der Waals surface area contributed by atoms with Gasteiger partial charge in [0, 0.05) is 28.0 Å². The summed E-state index contributed by atoms with van der Waals surface area (Å²) in [5.41, 5.74) is 2.04. The Morgan fingerprint density at radius 1 is 1.11 bits per heavy atom. The zero-order chi connectivity index (χ0) is 26.6. The van der Waals surface area contributed by atoms with Crippen LogP contribution in [0.5, 0.6) is 5.75 Å². The summed E-state index contributed by atoms with van der Waals surface area (Å²) in [7, 11) is 0. The van der Waals surface area contributed by atoms with Crippen molar-refractivity contribution in [3.8, 4) is 5.75 Å². The standard InChI is InChI=1S/C28H29ClN6O3/c1-4-37-22-11-12-25-20(14-22)15-24(28(36)30-25)26(27-31-32-33-35(27)18(2)3)34(17-23-6-5-13-38-23)16-19-7-9-21(29)10-8-19/h5-15,18,26H,4,16-17H2,1-3H3,(H,30,36)/t26-/m0/s1. The van der Waals surface area contributed by atoms with E-state index in [-0.39, 0.29) is 11.6 Å². The Balaban J connectivity index is 1.69. The fourth-order valence-corrected chi connectivity index (χ4v) is 4.70. The van der Waals surface area contributed by atoms with Crippen molar-refractivity contribution in [1.29, 1.82) is 0 Å². The van der Waals surface area contributed by atoms with Crippen molar-refractivity contribution in [1.82, 2.24) is 30.1 Å². The number of fused-ring (bicyclic) bond motifs is 1. The van der Waals surface area contributed by atoms with Gasteiger partial charge in [0.1, 0.15) is 17.6 Å². The summed E-state index contributed by atoms with van der Waals surface area (Å²) in [5.74, 6) is 2.05. The average molecular weight is 533 g/mol. The molecule has 38 heavy (non-hydrogen) atoms. The smallest absolute Gasteiger partial charge is 0.253 e. The van der Waals surface area contributed by atoms with Crippen LogP contribution in [0.3, 0.4) is 0 Å². The molecule has 0 aliphatic rings. The zero-order valence-corrected chi connectivity index (χ0v) is 22.2. The summed E-state index contributed by atoms with van der Waals surface area (Å²) in [5, 5.41) is 14.2. The minimum Gasteiger partial charge on any atom is -0.494 e. The summed E-state index contributed by atoms with van der Waals surface area (Å²) in [6, 6.07) is 18.3. The van der Waals surface area contributed by atoms with Gasteiger partial charge in [-0.1, -0.05) is 23.7 Å². The van der Waals surface area contributed by atoms with Gasteiger partial charge in [0.05, 0.1) is 25.5 Å². The Hall–Kier alpha value is -3.95. The maximum absolute atomic E-state index is 13.6. The average Bonchev–Trinajstić information content (AvgIpc) is 3.59. The first-order chi connectivity index (χ1) is 18.4. The number of H-pyrrole nitrogens is 1. The van der Waals surface area contributed by atoms with E-state index in [1.54, 1.807) is 10.9 Å². The van der Waals surface area contributed by atoms with Crippen molar-refractivity contribution in [2.45, 2.75) is 45.9 Å². The minimum atomic E-state index is -0.586. The number of nitrogens with one attached hydrogen (secondary N) is 1. The number of aromatic nitrogens is 5. The number of benzene rings is 2. The highest BCUT2D eigenvalue weighted by atomic mass is 35.5. The van der Waals surface area contributed by atoms with Gasteiger partial charge in [-0.25, -0.2) is 4.68 Å². The van der Waals surface area contributed by atoms with Gasteiger partial charge in [0.2, 0.25) is 0 Å². The molecule has 1 atom stereocenters. The number of rotatable bonds is 10. The third-order valence-corrected chi connectivity index (χ3v) is 6.56. The quantitative estimate of drug-likeness (QED) is 0.252. The van der Waals surface area contributed by atoms with Gasteiger partial charge in [-0.3, -0.25) is 9.69 Å². The Bertz CT molecular complexity index is 1560. The highest BCUT2D eigenvalue weighted by Crippen LogP contribution is 2.32. The number of hydrogen-bond acceptors (Lipinski definition) is 7. The fraction of sp³-hybridized carbons (Fsp3) is 0.286. The molecule has 0 saturated heterocycles.